The van der Waals surface area contributed by atoms with Crippen LogP contribution in [0.2, 0.25) is 0 Å². The highest BCUT2D eigenvalue weighted by Crippen LogP contribution is 2.31. The van der Waals surface area contributed by atoms with E-state index in [9.17, 15) is 13.2 Å². The quantitative estimate of drug-likeness (QED) is 0.819. The zero-order valence-electron chi connectivity index (χ0n) is 15.2. The van der Waals surface area contributed by atoms with Crippen LogP contribution >= 0.6 is 0 Å². The molecule has 7 nitrogen and oxygen atoms in total. The predicted octanol–water partition coefficient (Wildman–Crippen LogP) is 2.50. The van der Waals surface area contributed by atoms with Gasteiger partial charge in [-0.2, -0.15) is 4.31 Å². The SMILES string of the molecule is CCN(CC)S(=O)(=O)c1ccc(NC(=O)[C@H]2COc3ccccc3O2)cc1. The van der Waals surface area contributed by atoms with Gasteiger partial charge in [0.2, 0.25) is 16.1 Å². The molecule has 27 heavy (non-hydrogen) atoms. The number of ether oxygens (including phenoxy) is 2. The van der Waals surface area contributed by atoms with Crippen LogP contribution in [0.3, 0.4) is 0 Å². The molecular weight excluding hydrogens is 368 g/mol. The summed E-state index contributed by atoms with van der Waals surface area (Å²) in [6, 6.07) is 13.2. The fourth-order valence-electron chi connectivity index (χ4n) is 2.79. The maximum absolute atomic E-state index is 12.5. The first kappa shape index (κ1) is 19.2. The summed E-state index contributed by atoms with van der Waals surface area (Å²) in [6.07, 6.45) is -0.779. The molecule has 1 aliphatic heterocycles. The third-order valence-electron chi connectivity index (χ3n) is 4.27. The zero-order chi connectivity index (χ0) is 19.4. The van der Waals surface area contributed by atoms with E-state index in [1.807, 2.05) is 6.07 Å². The second kappa shape index (κ2) is 7.98. The normalized spacial score (nSPS) is 16.2. The molecule has 0 aromatic heterocycles. The molecule has 1 aliphatic rings. The lowest BCUT2D eigenvalue weighted by molar-refractivity contribution is -0.125. The van der Waals surface area contributed by atoms with Crippen LogP contribution in [-0.2, 0) is 14.8 Å². The van der Waals surface area contributed by atoms with E-state index in [1.54, 1.807) is 44.2 Å². The van der Waals surface area contributed by atoms with Crippen LogP contribution in [0.15, 0.2) is 53.4 Å². The number of para-hydroxylation sites is 2. The molecule has 3 rings (SSSR count). The largest absolute Gasteiger partial charge is 0.485 e. The number of carbonyl (C=O) groups excluding carboxylic acids is 1. The third kappa shape index (κ3) is 4.06. The van der Waals surface area contributed by atoms with E-state index in [4.69, 9.17) is 9.47 Å². The summed E-state index contributed by atoms with van der Waals surface area (Å²) in [5.41, 5.74) is 0.487. The molecule has 0 bridgehead atoms. The number of hydrogen-bond acceptors (Lipinski definition) is 5. The first-order chi connectivity index (χ1) is 13.0. The standard InChI is InChI=1S/C19H22N2O5S/c1-3-21(4-2)27(23,24)15-11-9-14(10-12-15)20-19(22)18-13-25-16-7-5-6-8-17(16)26-18/h5-12,18H,3-4,13H2,1-2H3,(H,20,22)/t18-/m1/s1. The Kier molecular flexibility index (Phi) is 5.67. The van der Waals surface area contributed by atoms with Crippen molar-refractivity contribution in [3.63, 3.8) is 0 Å². The molecule has 144 valence electrons. The van der Waals surface area contributed by atoms with Crippen molar-refractivity contribution in [1.82, 2.24) is 4.31 Å². The molecule has 0 saturated heterocycles. The molecule has 0 unspecified atom stereocenters. The molecule has 1 atom stereocenters. The number of fused-ring (bicyclic) bond motifs is 1. The molecule has 0 spiro atoms. The lowest BCUT2D eigenvalue weighted by Crippen LogP contribution is -2.40. The van der Waals surface area contributed by atoms with E-state index in [0.717, 1.165) is 0 Å². The maximum Gasteiger partial charge on any atom is 0.269 e. The van der Waals surface area contributed by atoms with Gasteiger partial charge in [-0.05, 0) is 36.4 Å². The van der Waals surface area contributed by atoms with Gasteiger partial charge in [0.1, 0.15) is 6.61 Å². The fraction of sp³-hybridized carbons (Fsp3) is 0.316. The lowest BCUT2D eigenvalue weighted by atomic mass is 10.2. The number of hydrogen-bond donors (Lipinski definition) is 1. The molecule has 0 saturated carbocycles. The van der Waals surface area contributed by atoms with Crippen molar-refractivity contribution >= 4 is 21.6 Å². The molecule has 1 N–H and O–H groups in total. The van der Waals surface area contributed by atoms with Gasteiger partial charge in [-0.15, -0.1) is 0 Å². The Balaban J connectivity index is 1.68. The van der Waals surface area contributed by atoms with Crippen LogP contribution in [0, 0.1) is 0 Å². The Bertz CT molecular complexity index is 908. The number of amides is 1. The van der Waals surface area contributed by atoms with Gasteiger partial charge in [-0.1, -0.05) is 26.0 Å². The number of nitrogens with one attached hydrogen (secondary N) is 1. The first-order valence-electron chi connectivity index (χ1n) is 8.75. The number of nitrogens with zero attached hydrogens (tertiary/aromatic N) is 1. The molecule has 8 heteroatoms. The summed E-state index contributed by atoms with van der Waals surface area (Å²) in [5.74, 6) is 0.765. The minimum atomic E-state index is -3.52. The Morgan fingerprint density at radius 3 is 2.33 bits per heavy atom. The summed E-state index contributed by atoms with van der Waals surface area (Å²) < 4.78 is 37.6. The topological polar surface area (TPSA) is 84.9 Å². The summed E-state index contributed by atoms with van der Waals surface area (Å²) in [4.78, 5) is 12.6. The minimum Gasteiger partial charge on any atom is -0.485 e. The lowest BCUT2D eigenvalue weighted by Gasteiger charge is -2.25. The van der Waals surface area contributed by atoms with Crippen molar-refractivity contribution in [2.45, 2.75) is 24.8 Å². The van der Waals surface area contributed by atoms with Gasteiger partial charge < -0.3 is 14.8 Å². The average molecular weight is 390 g/mol. The molecule has 2 aromatic rings. The van der Waals surface area contributed by atoms with E-state index >= 15 is 0 Å². The molecule has 1 heterocycles. The predicted molar refractivity (Wildman–Crippen MR) is 102 cm³/mol. The highest BCUT2D eigenvalue weighted by atomic mass is 32.2. The Morgan fingerprint density at radius 1 is 1.07 bits per heavy atom. The van der Waals surface area contributed by atoms with Crippen LogP contribution in [0.25, 0.3) is 0 Å². The summed E-state index contributed by atoms with van der Waals surface area (Å²) in [6.45, 7) is 4.49. The summed E-state index contributed by atoms with van der Waals surface area (Å²) in [7, 11) is -3.52. The molecule has 0 radical (unpaired) electrons. The van der Waals surface area contributed by atoms with E-state index in [0.29, 0.717) is 30.3 Å². The monoisotopic (exact) mass is 390 g/mol. The van der Waals surface area contributed by atoms with Gasteiger partial charge in [0.25, 0.3) is 5.91 Å². The van der Waals surface area contributed by atoms with Gasteiger partial charge in [-0.3, -0.25) is 4.79 Å². The van der Waals surface area contributed by atoms with Gasteiger partial charge >= 0.3 is 0 Å². The maximum atomic E-state index is 12.5. The van der Waals surface area contributed by atoms with Crippen LogP contribution in [0.4, 0.5) is 5.69 Å². The van der Waals surface area contributed by atoms with Crippen molar-refractivity contribution in [3.8, 4) is 11.5 Å². The summed E-state index contributed by atoms with van der Waals surface area (Å²) >= 11 is 0. The second-order valence-corrected chi connectivity index (χ2v) is 7.91. The van der Waals surface area contributed by atoms with Gasteiger partial charge in [-0.25, -0.2) is 8.42 Å². The average Bonchev–Trinajstić information content (AvgIpc) is 2.68. The molecule has 1 amide bonds. The second-order valence-electron chi connectivity index (χ2n) is 5.97. The van der Waals surface area contributed by atoms with E-state index < -0.39 is 16.1 Å². The molecule has 0 fully saturated rings. The number of carbonyl (C=O) groups is 1. The number of benzene rings is 2. The van der Waals surface area contributed by atoms with Crippen LogP contribution in [-0.4, -0.2) is 44.4 Å². The minimum absolute atomic E-state index is 0.108. The number of rotatable bonds is 6. The van der Waals surface area contributed by atoms with Crippen molar-refractivity contribution in [2.75, 3.05) is 25.0 Å². The molecule has 0 aliphatic carbocycles. The smallest absolute Gasteiger partial charge is 0.269 e. The van der Waals surface area contributed by atoms with Crippen molar-refractivity contribution in [2.24, 2.45) is 0 Å². The van der Waals surface area contributed by atoms with Gasteiger partial charge in [0.05, 0.1) is 4.90 Å². The number of sulfonamides is 1. The van der Waals surface area contributed by atoms with Crippen molar-refractivity contribution in [1.29, 1.82) is 0 Å². The van der Waals surface area contributed by atoms with Crippen LogP contribution in [0.5, 0.6) is 11.5 Å². The van der Waals surface area contributed by atoms with E-state index in [2.05, 4.69) is 5.32 Å². The highest BCUT2D eigenvalue weighted by molar-refractivity contribution is 7.89. The van der Waals surface area contributed by atoms with Gasteiger partial charge in [0.15, 0.2) is 11.5 Å². The Labute approximate surface area is 158 Å². The highest BCUT2D eigenvalue weighted by Gasteiger charge is 2.27. The van der Waals surface area contributed by atoms with Gasteiger partial charge in [0, 0.05) is 18.8 Å². The van der Waals surface area contributed by atoms with Crippen molar-refractivity contribution in [3.05, 3.63) is 48.5 Å². The van der Waals surface area contributed by atoms with E-state index in [1.165, 1.54) is 16.4 Å². The Hall–Kier alpha value is -2.58. The summed E-state index contributed by atoms with van der Waals surface area (Å²) in [5, 5.41) is 2.73. The number of anilines is 1. The Morgan fingerprint density at radius 2 is 1.70 bits per heavy atom. The van der Waals surface area contributed by atoms with E-state index in [-0.39, 0.29) is 17.4 Å². The molecule has 2 aromatic carbocycles. The molecular formula is C19H22N2O5S. The van der Waals surface area contributed by atoms with Crippen LogP contribution in [0.1, 0.15) is 13.8 Å². The van der Waals surface area contributed by atoms with Crippen molar-refractivity contribution < 1.29 is 22.7 Å². The zero-order valence-corrected chi connectivity index (χ0v) is 16.0. The third-order valence-corrected chi connectivity index (χ3v) is 6.33. The fourth-order valence-corrected chi connectivity index (χ4v) is 4.25. The first-order valence-corrected chi connectivity index (χ1v) is 10.2. The van der Waals surface area contributed by atoms with Crippen LogP contribution < -0.4 is 14.8 Å².